The maximum absolute atomic E-state index is 13.0. The zero-order valence-corrected chi connectivity index (χ0v) is 7.75. The summed E-state index contributed by atoms with van der Waals surface area (Å²) in [6.07, 6.45) is 0. The highest BCUT2D eigenvalue weighted by Gasteiger charge is 2.03. The molecule has 0 aliphatic carbocycles. The fraction of sp³-hybridized carbons (Fsp3) is 0. The van der Waals surface area contributed by atoms with E-state index in [4.69, 9.17) is 0 Å². The van der Waals surface area contributed by atoms with Crippen LogP contribution in [0.1, 0.15) is 0 Å². The molecule has 0 saturated heterocycles. The van der Waals surface area contributed by atoms with Crippen LogP contribution in [0.5, 0.6) is 0 Å². The van der Waals surface area contributed by atoms with Gasteiger partial charge in [0.15, 0.2) is 5.82 Å². The smallest absolute Gasteiger partial charge is 0.151 e. The summed E-state index contributed by atoms with van der Waals surface area (Å²) in [7, 11) is 0. The van der Waals surface area contributed by atoms with E-state index in [2.05, 4.69) is 20.9 Å². The van der Waals surface area contributed by atoms with Gasteiger partial charge in [-0.15, -0.1) is 11.3 Å². The Bertz CT molecular complexity index is 398. The highest BCUT2D eigenvalue weighted by Crippen LogP contribution is 2.24. The van der Waals surface area contributed by atoms with E-state index < -0.39 is 0 Å². The SMILES string of the molecule is Fc1cc(Br)cc2scnc12. The monoisotopic (exact) mass is 231 g/mol. The molecular formula is C7H3BrFNS. The Kier molecular flexibility index (Phi) is 1.65. The van der Waals surface area contributed by atoms with Crippen LogP contribution < -0.4 is 0 Å². The molecule has 1 heterocycles. The zero-order valence-electron chi connectivity index (χ0n) is 5.34. The Morgan fingerprint density at radius 1 is 1.45 bits per heavy atom. The Morgan fingerprint density at radius 3 is 3.09 bits per heavy atom. The second-order valence-electron chi connectivity index (χ2n) is 2.09. The summed E-state index contributed by atoms with van der Waals surface area (Å²) >= 11 is 4.64. The molecule has 2 rings (SSSR count). The van der Waals surface area contributed by atoms with Crippen LogP contribution >= 0.6 is 27.3 Å². The molecule has 56 valence electrons. The van der Waals surface area contributed by atoms with Crippen LogP contribution in [0.4, 0.5) is 4.39 Å². The number of benzene rings is 1. The second kappa shape index (κ2) is 2.53. The molecule has 1 aromatic heterocycles. The molecule has 0 aliphatic rings. The molecule has 11 heavy (non-hydrogen) atoms. The molecule has 1 nitrogen and oxygen atoms in total. The first-order valence-corrected chi connectivity index (χ1v) is 4.63. The van der Waals surface area contributed by atoms with Crippen molar-refractivity contribution in [3.63, 3.8) is 0 Å². The van der Waals surface area contributed by atoms with Crippen LogP contribution in [-0.2, 0) is 0 Å². The fourth-order valence-corrected chi connectivity index (χ4v) is 2.20. The van der Waals surface area contributed by atoms with Gasteiger partial charge in [-0.2, -0.15) is 0 Å². The molecule has 0 unspecified atom stereocenters. The molecule has 0 saturated carbocycles. The van der Waals surface area contributed by atoms with Crippen LogP contribution in [0.3, 0.4) is 0 Å². The van der Waals surface area contributed by atoms with Crippen molar-refractivity contribution < 1.29 is 4.39 Å². The first-order valence-electron chi connectivity index (χ1n) is 2.95. The van der Waals surface area contributed by atoms with E-state index in [1.54, 1.807) is 5.51 Å². The minimum Gasteiger partial charge on any atom is -0.242 e. The van der Waals surface area contributed by atoms with Gasteiger partial charge in [0.05, 0.1) is 10.2 Å². The minimum absolute atomic E-state index is 0.268. The average molecular weight is 232 g/mol. The van der Waals surface area contributed by atoms with Crippen molar-refractivity contribution in [3.8, 4) is 0 Å². The standard InChI is InChI=1S/C7H3BrFNS/c8-4-1-5(9)7-6(2-4)11-3-10-7/h1-3H. The van der Waals surface area contributed by atoms with Crippen molar-refractivity contribution >= 4 is 37.5 Å². The molecule has 4 heteroatoms. The Labute approximate surface area is 75.0 Å². The molecule has 0 atom stereocenters. The van der Waals surface area contributed by atoms with Gasteiger partial charge in [0.2, 0.25) is 0 Å². The maximum atomic E-state index is 13.0. The average Bonchev–Trinajstić information content (AvgIpc) is 2.34. The van der Waals surface area contributed by atoms with Crippen LogP contribution in [-0.4, -0.2) is 4.98 Å². The molecule has 0 aliphatic heterocycles. The number of hydrogen-bond donors (Lipinski definition) is 0. The summed E-state index contributed by atoms with van der Waals surface area (Å²) in [4.78, 5) is 3.88. The lowest BCUT2D eigenvalue weighted by Gasteiger charge is -1.91. The first-order chi connectivity index (χ1) is 5.27. The van der Waals surface area contributed by atoms with Crippen molar-refractivity contribution in [2.24, 2.45) is 0 Å². The summed E-state index contributed by atoms with van der Waals surface area (Å²) in [5.41, 5.74) is 2.10. The highest BCUT2D eigenvalue weighted by molar-refractivity contribution is 9.10. The van der Waals surface area contributed by atoms with Gasteiger partial charge in [0.1, 0.15) is 5.52 Å². The van der Waals surface area contributed by atoms with Crippen LogP contribution in [0, 0.1) is 5.82 Å². The third kappa shape index (κ3) is 1.16. The van der Waals surface area contributed by atoms with Gasteiger partial charge in [-0.1, -0.05) is 15.9 Å². The highest BCUT2D eigenvalue weighted by atomic mass is 79.9. The van der Waals surface area contributed by atoms with E-state index in [0.29, 0.717) is 5.52 Å². The predicted octanol–water partition coefficient (Wildman–Crippen LogP) is 3.20. The maximum Gasteiger partial charge on any atom is 0.151 e. The van der Waals surface area contributed by atoms with Crippen LogP contribution in [0.2, 0.25) is 0 Å². The quantitative estimate of drug-likeness (QED) is 0.679. The first kappa shape index (κ1) is 7.18. The van der Waals surface area contributed by atoms with Gasteiger partial charge >= 0.3 is 0 Å². The van der Waals surface area contributed by atoms with E-state index in [1.807, 2.05) is 6.07 Å². The van der Waals surface area contributed by atoms with Gasteiger partial charge in [0.25, 0.3) is 0 Å². The minimum atomic E-state index is -0.268. The molecule has 0 radical (unpaired) electrons. The third-order valence-corrected chi connectivity index (χ3v) is 2.59. The van der Waals surface area contributed by atoms with E-state index in [9.17, 15) is 4.39 Å². The number of hydrogen-bond acceptors (Lipinski definition) is 2. The lowest BCUT2D eigenvalue weighted by atomic mass is 10.3. The predicted molar refractivity (Wildman–Crippen MR) is 47.3 cm³/mol. The van der Waals surface area contributed by atoms with E-state index in [1.165, 1.54) is 17.4 Å². The summed E-state index contributed by atoms with van der Waals surface area (Å²) in [6, 6.07) is 3.28. The van der Waals surface area contributed by atoms with Crippen molar-refractivity contribution in [3.05, 3.63) is 27.9 Å². The molecule has 0 spiro atoms. The molecule has 0 amide bonds. The van der Waals surface area contributed by atoms with Crippen LogP contribution in [0.25, 0.3) is 10.2 Å². The number of rotatable bonds is 0. The number of nitrogens with zero attached hydrogens (tertiary/aromatic N) is 1. The van der Waals surface area contributed by atoms with Gasteiger partial charge < -0.3 is 0 Å². The van der Waals surface area contributed by atoms with Crippen molar-refractivity contribution in [1.29, 1.82) is 0 Å². The summed E-state index contributed by atoms with van der Waals surface area (Å²) in [6.45, 7) is 0. The zero-order chi connectivity index (χ0) is 7.84. The van der Waals surface area contributed by atoms with Gasteiger partial charge in [-0.05, 0) is 12.1 Å². The lowest BCUT2D eigenvalue weighted by Crippen LogP contribution is -1.76. The molecular weight excluding hydrogens is 229 g/mol. The van der Waals surface area contributed by atoms with E-state index >= 15 is 0 Å². The normalized spacial score (nSPS) is 10.7. The van der Waals surface area contributed by atoms with Crippen molar-refractivity contribution in [2.75, 3.05) is 0 Å². The van der Waals surface area contributed by atoms with Gasteiger partial charge in [-0.3, -0.25) is 0 Å². The van der Waals surface area contributed by atoms with Gasteiger partial charge in [-0.25, -0.2) is 9.37 Å². The number of thiazole rings is 1. The summed E-state index contributed by atoms with van der Waals surface area (Å²) < 4.78 is 14.6. The number of halogens is 2. The van der Waals surface area contributed by atoms with E-state index in [0.717, 1.165) is 9.17 Å². The van der Waals surface area contributed by atoms with Crippen molar-refractivity contribution in [2.45, 2.75) is 0 Å². The fourth-order valence-electron chi connectivity index (χ4n) is 0.893. The molecule has 2 aromatic rings. The van der Waals surface area contributed by atoms with E-state index in [-0.39, 0.29) is 5.82 Å². The molecule has 0 fully saturated rings. The number of fused-ring (bicyclic) bond motifs is 1. The topological polar surface area (TPSA) is 12.9 Å². The van der Waals surface area contributed by atoms with Gasteiger partial charge in [0, 0.05) is 4.47 Å². The Hall–Kier alpha value is -0.480. The summed E-state index contributed by atoms with van der Waals surface area (Å²) in [5, 5.41) is 0. The largest absolute Gasteiger partial charge is 0.242 e. The lowest BCUT2D eigenvalue weighted by molar-refractivity contribution is 0.636. The van der Waals surface area contributed by atoms with Crippen molar-refractivity contribution in [1.82, 2.24) is 4.98 Å². The molecule has 0 N–H and O–H groups in total. The Balaban J connectivity index is 2.91. The Morgan fingerprint density at radius 2 is 2.27 bits per heavy atom. The summed E-state index contributed by atoms with van der Waals surface area (Å²) in [5.74, 6) is -0.268. The molecule has 0 bridgehead atoms. The van der Waals surface area contributed by atoms with Crippen LogP contribution in [0.15, 0.2) is 22.1 Å². The number of aromatic nitrogens is 1. The third-order valence-electron chi connectivity index (χ3n) is 1.35. The second-order valence-corrected chi connectivity index (χ2v) is 3.89. The molecule has 1 aromatic carbocycles.